The molecule has 190 valence electrons. The van der Waals surface area contributed by atoms with Gasteiger partial charge in [-0.3, -0.25) is 23.7 Å². The molecule has 4 aromatic rings. The smallest absolute Gasteiger partial charge is 0.331 e. The van der Waals surface area contributed by atoms with Gasteiger partial charge in [0, 0.05) is 42.7 Å². The van der Waals surface area contributed by atoms with E-state index < -0.39 is 17.2 Å². The predicted octanol–water partition coefficient (Wildman–Crippen LogP) is 2.97. The molecule has 0 unspecified atom stereocenters. The molecule has 0 aromatic carbocycles. The first-order valence-corrected chi connectivity index (χ1v) is 13.0. The van der Waals surface area contributed by atoms with Crippen molar-refractivity contribution in [3.05, 3.63) is 97.0 Å². The molecule has 11 heteroatoms. The number of allylic oxidation sites excluding steroid dienone is 1. The second kappa shape index (κ2) is 10.9. The van der Waals surface area contributed by atoms with Crippen molar-refractivity contribution in [2.24, 2.45) is 0 Å². The molecule has 0 saturated heterocycles. The van der Waals surface area contributed by atoms with Crippen molar-refractivity contribution in [2.45, 2.75) is 51.6 Å². The number of nitrogens with zero attached hydrogens (tertiary/aromatic N) is 5. The molecule has 0 atom stereocenters. The Morgan fingerprint density at radius 2 is 1.89 bits per heavy atom. The van der Waals surface area contributed by atoms with E-state index in [1.54, 1.807) is 23.6 Å². The normalized spacial score (nSPS) is 13.0. The van der Waals surface area contributed by atoms with Gasteiger partial charge in [-0.2, -0.15) is 4.98 Å². The number of aromatic nitrogens is 5. The van der Waals surface area contributed by atoms with Crippen LogP contribution in [-0.4, -0.2) is 30.2 Å². The summed E-state index contributed by atoms with van der Waals surface area (Å²) in [6, 6.07) is 9.48. The highest BCUT2D eigenvalue weighted by molar-refractivity contribution is 7.09. The van der Waals surface area contributed by atoms with Gasteiger partial charge in [0.05, 0.1) is 5.56 Å². The molecule has 1 N–H and O–H groups in total. The van der Waals surface area contributed by atoms with Crippen LogP contribution in [0.5, 0.6) is 0 Å². The van der Waals surface area contributed by atoms with Gasteiger partial charge in [0.25, 0.3) is 17.4 Å². The lowest BCUT2D eigenvalue weighted by Gasteiger charge is -2.23. The minimum atomic E-state index is -0.463. The summed E-state index contributed by atoms with van der Waals surface area (Å²) < 4.78 is 7.98. The van der Waals surface area contributed by atoms with E-state index >= 15 is 0 Å². The van der Waals surface area contributed by atoms with Crippen LogP contribution >= 0.6 is 11.3 Å². The van der Waals surface area contributed by atoms with Gasteiger partial charge in [0.1, 0.15) is 11.4 Å². The first kappa shape index (κ1) is 24.6. The van der Waals surface area contributed by atoms with Crippen LogP contribution in [0.2, 0.25) is 0 Å². The van der Waals surface area contributed by atoms with Crippen LogP contribution in [0.25, 0.3) is 11.6 Å². The number of carbonyl (C=O) groups is 1. The highest BCUT2D eigenvalue weighted by Crippen LogP contribution is 2.17. The Bertz CT molecular complexity index is 1540. The molecule has 10 nitrogen and oxygen atoms in total. The minimum absolute atomic E-state index is 0.152. The third-order valence-corrected chi connectivity index (χ3v) is 7.12. The summed E-state index contributed by atoms with van der Waals surface area (Å²) in [6.45, 7) is 4.40. The van der Waals surface area contributed by atoms with E-state index in [-0.39, 0.29) is 18.7 Å². The van der Waals surface area contributed by atoms with Crippen LogP contribution in [0.15, 0.2) is 68.3 Å². The number of rotatable bonds is 10. The number of amides is 1. The van der Waals surface area contributed by atoms with Crippen molar-refractivity contribution in [1.82, 2.24) is 29.6 Å². The van der Waals surface area contributed by atoms with Crippen LogP contribution in [0.4, 0.5) is 0 Å². The number of carbonyl (C=O) groups excluding carboxylic acids is 1. The maximum Gasteiger partial charge on any atom is 0.331 e. The van der Waals surface area contributed by atoms with E-state index in [4.69, 9.17) is 4.52 Å². The number of nitrogens with one attached hydrogen (secondary N) is 1. The van der Waals surface area contributed by atoms with E-state index in [9.17, 15) is 14.4 Å². The van der Waals surface area contributed by atoms with Gasteiger partial charge in [0.15, 0.2) is 5.82 Å². The zero-order valence-corrected chi connectivity index (χ0v) is 21.0. The van der Waals surface area contributed by atoms with Gasteiger partial charge in [-0.05, 0) is 49.3 Å². The fraction of sp³-hybridized carbons (Fsp3) is 0.308. The molecule has 0 spiro atoms. The molecule has 0 saturated carbocycles. The quantitative estimate of drug-likeness (QED) is 0.320. The average Bonchev–Trinajstić information content (AvgIpc) is 3.59. The zero-order valence-electron chi connectivity index (χ0n) is 20.2. The largest absolute Gasteiger partial charge is 0.332 e. The summed E-state index contributed by atoms with van der Waals surface area (Å²) in [5.41, 5.74) is 0.635. The molecule has 37 heavy (non-hydrogen) atoms. The molecule has 1 aliphatic heterocycles. The maximum atomic E-state index is 13.4. The Hall–Kier alpha value is -4.12. The van der Waals surface area contributed by atoms with Crippen molar-refractivity contribution >= 4 is 17.2 Å². The maximum absolute atomic E-state index is 13.4. The topological polar surface area (TPSA) is 125 Å². The fourth-order valence-corrected chi connectivity index (χ4v) is 5.18. The molecule has 4 aromatic heterocycles. The number of hydrogen-bond donors (Lipinski definition) is 1. The van der Waals surface area contributed by atoms with Crippen LogP contribution in [0, 0.1) is 0 Å². The fourth-order valence-electron chi connectivity index (χ4n) is 4.42. The van der Waals surface area contributed by atoms with Crippen molar-refractivity contribution < 1.29 is 9.32 Å². The van der Waals surface area contributed by atoms with Crippen molar-refractivity contribution in [3.8, 4) is 11.6 Å². The van der Waals surface area contributed by atoms with Gasteiger partial charge in [-0.15, -0.1) is 11.3 Å². The molecule has 0 aliphatic carbocycles. The zero-order chi connectivity index (χ0) is 25.8. The van der Waals surface area contributed by atoms with E-state index in [2.05, 4.69) is 27.0 Å². The van der Waals surface area contributed by atoms with Gasteiger partial charge >= 0.3 is 5.69 Å². The lowest BCUT2D eigenvalue weighted by Crippen LogP contribution is -2.48. The molecule has 0 fully saturated rings. The minimum Gasteiger partial charge on any atom is -0.332 e. The van der Waals surface area contributed by atoms with E-state index in [0.717, 1.165) is 6.42 Å². The van der Waals surface area contributed by atoms with E-state index in [1.807, 2.05) is 29.6 Å². The summed E-state index contributed by atoms with van der Waals surface area (Å²) in [6.07, 6.45) is 5.07. The van der Waals surface area contributed by atoms with Gasteiger partial charge < -0.3 is 9.84 Å². The molecule has 1 aliphatic rings. The van der Waals surface area contributed by atoms with Gasteiger partial charge in [-0.1, -0.05) is 23.9 Å². The van der Waals surface area contributed by atoms with Crippen LogP contribution < -0.4 is 16.6 Å². The van der Waals surface area contributed by atoms with Crippen LogP contribution in [0.3, 0.4) is 0 Å². The summed E-state index contributed by atoms with van der Waals surface area (Å²) in [4.78, 5) is 49.2. The molecular weight excluding hydrogens is 492 g/mol. The summed E-state index contributed by atoms with van der Waals surface area (Å²) >= 11 is 1.66. The Labute approximate surface area is 216 Å². The number of aryl methyl sites for hydroxylation is 2. The SMILES string of the molecule is C=C1Cc2c(n(CCCc3cccs3)c(=O)n(CCCCc3noc(-c4ccccn4)n3)c2=O)C(=O)N1. The first-order chi connectivity index (χ1) is 18.0. The molecule has 0 radical (unpaired) electrons. The predicted molar refractivity (Wildman–Crippen MR) is 138 cm³/mol. The van der Waals surface area contributed by atoms with E-state index in [1.165, 1.54) is 14.0 Å². The third-order valence-electron chi connectivity index (χ3n) is 6.19. The van der Waals surface area contributed by atoms with E-state index in [0.29, 0.717) is 60.9 Å². The second-order valence-corrected chi connectivity index (χ2v) is 9.86. The Morgan fingerprint density at radius 3 is 2.68 bits per heavy atom. The molecule has 5 rings (SSSR count). The standard InChI is InChI=1S/C26H26N6O4S/c1-17-16-19-22(23(33)28-17)31(14-6-8-18-9-7-15-37-18)26(35)32(25(19)34)13-5-3-11-21-29-24(36-30-21)20-10-2-4-12-27-20/h2,4,7,9-10,12,15H,1,3,5-6,8,11,13-14,16H2,(H,28,33). The number of thiophene rings is 1. The van der Waals surface area contributed by atoms with Crippen molar-refractivity contribution in [1.29, 1.82) is 0 Å². The average molecular weight is 519 g/mol. The number of hydrogen-bond acceptors (Lipinski definition) is 8. The lowest BCUT2D eigenvalue weighted by atomic mass is 10.0. The van der Waals surface area contributed by atoms with Crippen molar-refractivity contribution in [2.75, 3.05) is 0 Å². The van der Waals surface area contributed by atoms with Crippen LogP contribution in [0.1, 0.15) is 46.0 Å². The summed E-state index contributed by atoms with van der Waals surface area (Å²) in [7, 11) is 0. The Kier molecular flexibility index (Phi) is 7.22. The summed E-state index contributed by atoms with van der Waals surface area (Å²) in [5.74, 6) is 0.437. The van der Waals surface area contributed by atoms with Crippen molar-refractivity contribution in [3.63, 3.8) is 0 Å². The number of pyridine rings is 1. The van der Waals surface area contributed by atoms with Gasteiger partial charge in [0.2, 0.25) is 0 Å². The molecule has 1 amide bonds. The number of fused-ring (bicyclic) bond motifs is 1. The first-order valence-electron chi connectivity index (χ1n) is 12.1. The number of unbranched alkanes of at least 4 members (excludes halogenated alkanes) is 1. The van der Waals surface area contributed by atoms with Gasteiger partial charge in [-0.25, -0.2) is 4.79 Å². The third kappa shape index (κ3) is 5.36. The monoisotopic (exact) mass is 518 g/mol. The lowest BCUT2D eigenvalue weighted by molar-refractivity contribution is 0.0945. The molecule has 5 heterocycles. The second-order valence-electron chi connectivity index (χ2n) is 8.82. The van der Waals surface area contributed by atoms with Crippen LogP contribution in [-0.2, 0) is 32.4 Å². The highest BCUT2D eigenvalue weighted by Gasteiger charge is 2.28. The Morgan fingerprint density at radius 1 is 1.03 bits per heavy atom. The highest BCUT2D eigenvalue weighted by atomic mass is 32.1. The Balaban J connectivity index is 1.31. The molecule has 0 bridgehead atoms. The summed E-state index contributed by atoms with van der Waals surface area (Å²) in [5, 5.41) is 8.68. The molecular formula is C26H26N6O4S.